The van der Waals surface area contributed by atoms with Crippen molar-refractivity contribution in [2.45, 2.75) is 20.5 Å². The topological polar surface area (TPSA) is 104 Å². The molecule has 1 aromatic heterocycles. The molecule has 1 aromatic carbocycles. The smallest absolute Gasteiger partial charge is 0.276 e. The fraction of sp³-hybridized carbons (Fsp3) is 0.273. The van der Waals surface area contributed by atoms with Gasteiger partial charge in [-0.15, -0.1) is 10.2 Å². The average Bonchev–Trinajstić information content (AvgIpc) is 2.73. The summed E-state index contributed by atoms with van der Waals surface area (Å²) in [6.45, 7) is 3.72. The summed E-state index contributed by atoms with van der Waals surface area (Å²) in [6, 6.07) is 3.15. The number of nitrogens with zero attached hydrogens (tertiary/aromatic N) is 3. The van der Waals surface area contributed by atoms with Crippen molar-refractivity contribution in [1.82, 2.24) is 10.2 Å². The first-order valence-electron chi connectivity index (χ1n) is 5.43. The highest BCUT2D eigenvalue weighted by Gasteiger charge is 2.15. The summed E-state index contributed by atoms with van der Waals surface area (Å²) in [4.78, 5) is 10.5. The zero-order valence-electron chi connectivity index (χ0n) is 10.4. The summed E-state index contributed by atoms with van der Waals surface area (Å²) < 4.78 is 5.53. The molecule has 7 nitrogen and oxygen atoms in total. The van der Waals surface area contributed by atoms with Gasteiger partial charge in [0.2, 0.25) is 5.13 Å². The fourth-order valence-corrected chi connectivity index (χ4v) is 2.16. The van der Waals surface area contributed by atoms with Crippen LogP contribution in [0.2, 0.25) is 0 Å². The number of nitro benzene ring substituents is 1. The number of hydrogen-bond donors (Lipinski definition) is 1. The van der Waals surface area contributed by atoms with Crippen molar-refractivity contribution in [2.24, 2.45) is 0 Å². The van der Waals surface area contributed by atoms with Crippen LogP contribution in [-0.2, 0) is 6.61 Å². The van der Waals surface area contributed by atoms with Crippen LogP contribution in [-0.4, -0.2) is 15.1 Å². The Bertz CT molecular complexity index is 626. The van der Waals surface area contributed by atoms with E-state index in [0.717, 1.165) is 5.56 Å². The molecule has 0 aliphatic rings. The lowest BCUT2D eigenvalue weighted by Crippen LogP contribution is -1.99. The normalized spacial score (nSPS) is 10.4. The second kappa shape index (κ2) is 5.19. The van der Waals surface area contributed by atoms with E-state index in [2.05, 4.69) is 10.2 Å². The van der Waals surface area contributed by atoms with Gasteiger partial charge in [-0.3, -0.25) is 10.1 Å². The van der Waals surface area contributed by atoms with Crippen LogP contribution in [0.25, 0.3) is 0 Å². The van der Waals surface area contributed by atoms with E-state index in [1.807, 2.05) is 6.92 Å². The molecule has 0 saturated heterocycles. The Hall–Kier alpha value is -2.22. The first-order valence-corrected chi connectivity index (χ1v) is 6.25. The van der Waals surface area contributed by atoms with Crippen LogP contribution in [0.4, 0.5) is 10.8 Å². The van der Waals surface area contributed by atoms with Gasteiger partial charge in [0.05, 0.1) is 11.0 Å². The molecule has 0 unspecified atom stereocenters. The Morgan fingerprint density at radius 1 is 1.37 bits per heavy atom. The Morgan fingerprint density at radius 2 is 2.11 bits per heavy atom. The molecular weight excluding hydrogens is 268 g/mol. The van der Waals surface area contributed by atoms with E-state index in [0.29, 0.717) is 21.5 Å². The number of nitrogen functional groups attached to an aromatic ring is 1. The van der Waals surface area contributed by atoms with Crippen LogP contribution >= 0.6 is 11.3 Å². The van der Waals surface area contributed by atoms with Gasteiger partial charge in [-0.05, 0) is 25.5 Å². The van der Waals surface area contributed by atoms with Crippen LogP contribution < -0.4 is 10.5 Å². The molecule has 0 aliphatic carbocycles. The maximum atomic E-state index is 10.9. The lowest BCUT2D eigenvalue weighted by atomic mass is 10.1. The Morgan fingerprint density at radius 3 is 2.68 bits per heavy atom. The molecule has 100 valence electrons. The van der Waals surface area contributed by atoms with Gasteiger partial charge in [-0.2, -0.15) is 0 Å². The van der Waals surface area contributed by atoms with Gasteiger partial charge < -0.3 is 10.5 Å². The predicted molar refractivity (Wildman–Crippen MR) is 71.2 cm³/mol. The maximum absolute atomic E-state index is 10.9. The highest BCUT2D eigenvalue weighted by molar-refractivity contribution is 7.15. The first kappa shape index (κ1) is 13.2. The van der Waals surface area contributed by atoms with Gasteiger partial charge in [-0.1, -0.05) is 11.3 Å². The number of aromatic nitrogens is 2. The molecule has 19 heavy (non-hydrogen) atoms. The monoisotopic (exact) mass is 280 g/mol. The minimum Gasteiger partial charge on any atom is -0.486 e. The van der Waals surface area contributed by atoms with Crippen molar-refractivity contribution in [3.8, 4) is 5.75 Å². The maximum Gasteiger partial charge on any atom is 0.276 e. The Balaban J connectivity index is 2.20. The zero-order valence-corrected chi connectivity index (χ0v) is 11.2. The largest absolute Gasteiger partial charge is 0.486 e. The van der Waals surface area contributed by atoms with Gasteiger partial charge in [0.1, 0.15) is 12.4 Å². The Labute approximate surface area is 113 Å². The molecule has 0 radical (unpaired) electrons. The second-order valence-electron chi connectivity index (χ2n) is 3.98. The lowest BCUT2D eigenvalue weighted by molar-refractivity contribution is -0.385. The standard InChI is InChI=1S/C11H12N4O3S/c1-6-3-7(2)9(4-8(6)15(16)17)18-5-10-13-14-11(12)19-10/h3-4H,5H2,1-2H3,(H2,12,14). The van der Waals surface area contributed by atoms with Gasteiger partial charge in [0.25, 0.3) is 5.69 Å². The molecule has 1 heterocycles. The molecule has 2 aromatic rings. The van der Waals surface area contributed by atoms with Crippen molar-refractivity contribution >= 4 is 22.2 Å². The Kier molecular flexibility index (Phi) is 3.61. The molecule has 0 saturated carbocycles. The third-order valence-electron chi connectivity index (χ3n) is 2.52. The number of benzene rings is 1. The summed E-state index contributed by atoms with van der Waals surface area (Å²) in [5, 5.41) is 19.4. The minimum absolute atomic E-state index is 0.0392. The van der Waals surface area contributed by atoms with E-state index in [1.54, 1.807) is 13.0 Å². The quantitative estimate of drug-likeness (QED) is 0.680. The van der Waals surface area contributed by atoms with Crippen LogP contribution in [0.5, 0.6) is 5.75 Å². The molecule has 0 aliphatic heterocycles. The SMILES string of the molecule is Cc1cc(C)c([N+](=O)[O-])cc1OCc1nnc(N)s1. The van der Waals surface area contributed by atoms with Crippen LogP contribution in [0, 0.1) is 24.0 Å². The van der Waals surface area contributed by atoms with Crippen LogP contribution in [0.15, 0.2) is 12.1 Å². The van der Waals surface area contributed by atoms with Crippen molar-refractivity contribution in [3.63, 3.8) is 0 Å². The molecule has 2 rings (SSSR count). The van der Waals surface area contributed by atoms with Gasteiger partial charge in [0.15, 0.2) is 5.01 Å². The van der Waals surface area contributed by atoms with Gasteiger partial charge in [-0.25, -0.2) is 0 Å². The summed E-state index contributed by atoms with van der Waals surface area (Å²) in [6.07, 6.45) is 0. The van der Waals surface area contributed by atoms with E-state index in [4.69, 9.17) is 10.5 Å². The number of ether oxygens (including phenoxy) is 1. The van der Waals surface area contributed by atoms with Crippen LogP contribution in [0.1, 0.15) is 16.1 Å². The van der Waals surface area contributed by atoms with Crippen molar-refractivity contribution in [3.05, 3.63) is 38.4 Å². The number of nitro groups is 1. The summed E-state index contributed by atoms with van der Waals surface area (Å²) in [5.74, 6) is 0.464. The van der Waals surface area contributed by atoms with E-state index in [9.17, 15) is 10.1 Å². The lowest BCUT2D eigenvalue weighted by Gasteiger charge is -2.08. The summed E-state index contributed by atoms with van der Waals surface area (Å²) in [7, 11) is 0. The number of hydrogen-bond acceptors (Lipinski definition) is 7. The van der Waals surface area contributed by atoms with Crippen molar-refractivity contribution in [1.29, 1.82) is 0 Å². The highest BCUT2D eigenvalue weighted by Crippen LogP contribution is 2.28. The third-order valence-corrected chi connectivity index (χ3v) is 3.25. The van der Waals surface area contributed by atoms with Gasteiger partial charge >= 0.3 is 0 Å². The van der Waals surface area contributed by atoms with E-state index < -0.39 is 4.92 Å². The van der Waals surface area contributed by atoms with Gasteiger partial charge in [0, 0.05) is 5.56 Å². The fourth-order valence-electron chi connectivity index (χ4n) is 1.64. The molecule has 0 spiro atoms. The third kappa shape index (κ3) is 2.97. The number of anilines is 1. The first-order chi connectivity index (χ1) is 8.97. The number of nitrogens with two attached hydrogens (primary N) is 1. The second-order valence-corrected chi connectivity index (χ2v) is 5.08. The minimum atomic E-state index is -0.426. The highest BCUT2D eigenvalue weighted by atomic mass is 32.1. The van der Waals surface area contributed by atoms with Crippen molar-refractivity contribution in [2.75, 3.05) is 5.73 Å². The number of rotatable bonds is 4. The van der Waals surface area contributed by atoms with Crippen molar-refractivity contribution < 1.29 is 9.66 Å². The summed E-state index contributed by atoms with van der Waals surface area (Å²) in [5.41, 5.74) is 6.94. The molecule has 8 heteroatoms. The molecular formula is C11H12N4O3S. The molecule has 2 N–H and O–H groups in total. The molecule has 0 bridgehead atoms. The number of aryl methyl sites for hydroxylation is 2. The van der Waals surface area contributed by atoms with E-state index in [-0.39, 0.29) is 12.3 Å². The molecule has 0 amide bonds. The average molecular weight is 280 g/mol. The van der Waals surface area contributed by atoms with E-state index >= 15 is 0 Å². The van der Waals surface area contributed by atoms with E-state index in [1.165, 1.54) is 17.4 Å². The summed E-state index contributed by atoms with van der Waals surface area (Å²) >= 11 is 1.22. The zero-order chi connectivity index (χ0) is 14.0. The van der Waals surface area contributed by atoms with Crippen LogP contribution in [0.3, 0.4) is 0 Å². The predicted octanol–water partition coefficient (Wildman–Crippen LogP) is 2.22. The molecule has 0 atom stereocenters. The molecule has 0 fully saturated rings.